The molecular formula is C31H52O13. The third-order valence-electron chi connectivity index (χ3n) is 7.16. The molecule has 2 rings (SSSR count). The van der Waals surface area contributed by atoms with Crippen LogP contribution in [0.5, 0.6) is 0 Å². The van der Waals surface area contributed by atoms with Gasteiger partial charge in [0.2, 0.25) is 0 Å². The fourth-order valence-corrected chi connectivity index (χ4v) is 4.96. The van der Waals surface area contributed by atoms with Crippen molar-refractivity contribution < 1.29 is 62.9 Å². The molecule has 0 saturated carbocycles. The van der Waals surface area contributed by atoms with Gasteiger partial charge in [-0.05, 0) is 32.6 Å². The van der Waals surface area contributed by atoms with Crippen LogP contribution in [0.4, 0.5) is 0 Å². The molecule has 1 unspecified atom stereocenters. The minimum atomic E-state index is -1.61. The second-order valence-electron chi connectivity index (χ2n) is 11.3. The summed E-state index contributed by atoms with van der Waals surface area (Å²) in [6, 6.07) is 0. The van der Waals surface area contributed by atoms with Crippen LogP contribution >= 0.6 is 0 Å². The van der Waals surface area contributed by atoms with E-state index < -0.39 is 73.2 Å². The Labute approximate surface area is 260 Å². The summed E-state index contributed by atoms with van der Waals surface area (Å²) in [6.45, 7) is 5.77. The van der Waals surface area contributed by atoms with Gasteiger partial charge in [-0.25, -0.2) is 0 Å². The minimum absolute atomic E-state index is 0.181. The van der Waals surface area contributed by atoms with Crippen molar-refractivity contribution in [2.24, 2.45) is 0 Å². The highest BCUT2D eigenvalue weighted by molar-refractivity contribution is 5.70. The molecule has 44 heavy (non-hydrogen) atoms. The van der Waals surface area contributed by atoms with Crippen LogP contribution < -0.4 is 0 Å². The first kappa shape index (κ1) is 38.1. The Morgan fingerprint density at radius 3 is 2.05 bits per heavy atom. The molecule has 2 saturated heterocycles. The van der Waals surface area contributed by atoms with E-state index in [1.54, 1.807) is 0 Å². The van der Waals surface area contributed by atoms with Gasteiger partial charge < -0.3 is 48.5 Å². The predicted molar refractivity (Wildman–Crippen MR) is 156 cm³/mol. The van der Waals surface area contributed by atoms with Crippen molar-refractivity contribution in [2.75, 3.05) is 19.8 Å². The van der Waals surface area contributed by atoms with E-state index in [1.807, 2.05) is 0 Å². The number of ether oxygens (including phenoxy) is 7. The standard InChI is InChI=1S/C31H52O13/c1-5-6-7-8-9-10-11-12-13-14-15-16-38-31-29(42-22(4)34)26(36)23(18-40-31)44-30-27(37)28(41-21(3)33)24(19-39-30)43-25(35)17-20(2)32/h12-13,20,23-24,26-32,36-37H,5-11,14-19H2,1-4H3/b13-12-/t20?,23-,24-,26-,27+,28-,29+,30+,31-/m0/s1. The van der Waals surface area contributed by atoms with E-state index >= 15 is 0 Å². The third-order valence-corrected chi connectivity index (χ3v) is 7.16. The highest BCUT2D eigenvalue weighted by Gasteiger charge is 2.49. The van der Waals surface area contributed by atoms with E-state index in [-0.39, 0.29) is 19.6 Å². The summed E-state index contributed by atoms with van der Waals surface area (Å²) >= 11 is 0. The lowest BCUT2D eigenvalue weighted by atomic mass is 10.0. The Morgan fingerprint density at radius 2 is 1.39 bits per heavy atom. The Bertz CT molecular complexity index is 879. The lowest BCUT2D eigenvalue weighted by Gasteiger charge is -2.43. The first-order valence-electron chi connectivity index (χ1n) is 15.8. The lowest BCUT2D eigenvalue weighted by molar-refractivity contribution is -0.330. The third kappa shape index (κ3) is 13.9. The molecular weight excluding hydrogens is 580 g/mol. The fourth-order valence-electron chi connectivity index (χ4n) is 4.96. The molecule has 9 atom stereocenters. The molecule has 0 radical (unpaired) electrons. The van der Waals surface area contributed by atoms with Crippen molar-refractivity contribution in [1.29, 1.82) is 0 Å². The van der Waals surface area contributed by atoms with Crippen LogP contribution in [-0.4, -0.2) is 108 Å². The van der Waals surface area contributed by atoms with Crippen LogP contribution in [0.1, 0.15) is 91.9 Å². The van der Waals surface area contributed by atoms with Gasteiger partial charge in [0.15, 0.2) is 30.9 Å². The van der Waals surface area contributed by atoms with Gasteiger partial charge in [0.05, 0.1) is 32.3 Å². The van der Waals surface area contributed by atoms with Gasteiger partial charge in [-0.15, -0.1) is 0 Å². The Balaban J connectivity index is 1.87. The van der Waals surface area contributed by atoms with Gasteiger partial charge >= 0.3 is 17.9 Å². The molecule has 0 amide bonds. The summed E-state index contributed by atoms with van der Waals surface area (Å²) < 4.78 is 38.6. The van der Waals surface area contributed by atoms with Gasteiger partial charge in [-0.3, -0.25) is 14.4 Å². The quantitative estimate of drug-likeness (QED) is 0.0820. The molecule has 2 heterocycles. The van der Waals surface area contributed by atoms with Crippen molar-refractivity contribution >= 4 is 17.9 Å². The van der Waals surface area contributed by atoms with Crippen molar-refractivity contribution in [3.05, 3.63) is 12.2 Å². The van der Waals surface area contributed by atoms with E-state index in [1.165, 1.54) is 52.4 Å². The molecule has 13 nitrogen and oxygen atoms in total. The second kappa shape index (κ2) is 20.8. The molecule has 2 fully saturated rings. The topological polar surface area (TPSA) is 177 Å². The van der Waals surface area contributed by atoms with Gasteiger partial charge in [0.1, 0.15) is 18.3 Å². The molecule has 3 N–H and O–H groups in total. The molecule has 2 aliphatic heterocycles. The molecule has 0 aromatic rings. The van der Waals surface area contributed by atoms with Crippen LogP contribution in [0.3, 0.4) is 0 Å². The van der Waals surface area contributed by atoms with Crippen molar-refractivity contribution in [3.8, 4) is 0 Å². The molecule has 0 aliphatic carbocycles. The lowest BCUT2D eigenvalue weighted by Crippen LogP contribution is -2.61. The van der Waals surface area contributed by atoms with E-state index in [9.17, 15) is 29.7 Å². The Hall–Kier alpha value is -2.13. The maximum Gasteiger partial charge on any atom is 0.308 e. The zero-order chi connectivity index (χ0) is 32.5. The number of hydrogen-bond acceptors (Lipinski definition) is 13. The van der Waals surface area contributed by atoms with Crippen LogP contribution in [0.2, 0.25) is 0 Å². The maximum absolute atomic E-state index is 12.1. The number of carbonyl (C=O) groups is 3. The largest absolute Gasteiger partial charge is 0.456 e. The Kier molecular flexibility index (Phi) is 18.0. The summed E-state index contributed by atoms with van der Waals surface area (Å²) in [5.74, 6) is -2.17. The molecule has 0 aromatic heterocycles. The average molecular weight is 633 g/mol. The zero-order valence-electron chi connectivity index (χ0n) is 26.5. The number of aliphatic hydroxyl groups is 3. The maximum atomic E-state index is 12.1. The number of esters is 3. The number of carbonyl (C=O) groups excluding carboxylic acids is 3. The van der Waals surface area contributed by atoms with Crippen LogP contribution in [0, 0.1) is 0 Å². The smallest absolute Gasteiger partial charge is 0.308 e. The highest BCUT2D eigenvalue weighted by Crippen LogP contribution is 2.28. The van der Waals surface area contributed by atoms with Crippen LogP contribution in [-0.2, 0) is 47.5 Å². The monoisotopic (exact) mass is 632 g/mol. The molecule has 0 spiro atoms. The van der Waals surface area contributed by atoms with E-state index in [4.69, 9.17) is 33.2 Å². The fraction of sp³-hybridized carbons (Fsp3) is 0.839. The van der Waals surface area contributed by atoms with Crippen molar-refractivity contribution in [3.63, 3.8) is 0 Å². The number of hydrogen-bond donors (Lipinski definition) is 3. The summed E-state index contributed by atoms with van der Waals surface area (Å²) in [4.78, 5) is 35.6. The van der Waals surface area contributed by atoms with Gasteiger partial charge in [0, 0.05) is 13.8 Å². The summed E-state index contributed by atoms with van der Waals surface area (Å²) in [5, 5.41) is 31.4. The minimum Gasteiger partial charge on any atom is -0.456 e. The number of unbranched alkanes of at least 4 members (excludes halogenated alkanes) is 7. The van der Waals surface area contributed by atoms with E-state index in [0.717, 1.165) is 19.8 Å². The van der Waals surface area contributed by atoms with Gasteiger partial charge in [-0.2, -0.15) is 0 Å². The highest BCUT2D eigenvalue weighted by atomic mass is 16.7. The second-order valence-corrected chi connectivity index (χ2v) is 11.3. The molecule has 254 valence electrons. The van der Waals surface area contributed by atoms with E-state index in [2.05, 4.69) is 19.1 Å². The number of aliphatic hydroxyl groups excluding tert-OH is 3. The summed E-state index contributed by atoms with van der Waals surface area (Å²) in [6.07, 6.45) is 2.87. The van der Waals surface area contributed by atoms with Gasteiger partial charge in [0.25, 0.3) is 0 Å². The number of allylic oxidation sites excluding steroid dienone is 2. The first-order chi connectivity index (χ1) is 21.0. The first-order valence-corrected chi connectivity index (χ1v) is 15.8. The molecule has 0 bridgehead atoms. The normalized spacial score (nSPS) is 29.7. The summed E-state index contributed by atoms with van der Waals surface area (Å²) in [5.41, 5.74) is 0. The molecule has 13 heteroatoms. The molecule has 0 aromatic carbocycles. The van der Waals surface area contributed by atoms with Crippen molar-refractivity contribution in [2.45, 2.75) is 147 Å². The average Bonchev–Trinajstić information content (AvgIpc) is 2.94. The zero-order valence-corrected chi connectivity index (χ0v) is 26.5. The Morgan fingerprint density at radius 1 is 0.795 bits per heavy atom. The van der Waals surface area contributed by atoms with Crippen LogP contribution in [0.25, 0.3) is 0 Å². The number of rotatable bonds is 19. The predicted octanol–water partition coefficient (Wildman–Crippen LogP) is 2.46. The van der Waals surface area contributed by atoms with E-state index in [0.29, 0.717) is 13.0 Å². The van der Waals surface area contributed by atoms with Crippen molar-refractivity contribution in [1.82, 2.24) is 0 Å². The van der Waals surface area contributed by atoms with Gasteiger partial charge in [-0.1, -0.05) is 51.2 Å². The van der Waals surface area contributed by atoms with Crippen LogP contribution in [0.15, 0.2) is 12.2 Å². The SMILES string of the molecule is CCCCCCCC/C=C\CCCO[C@H]1OC[C@H](O[C@H]2OC[C@H](OC(=O)CC(C)O)[C@H](OC(C)=O)[C@H]2O)[C@H](O)[C@H]1OC(C)=O. The molecule has 2 aliphatic rings. The summed E-state index contributed by atoms with van der Waals surface area (Å²) in [7, 11) is 0.